The molecule has 4 nitrogen and oxygen atoms in total. The Morgan fingerprint density at radius 2 is 2.13 bits per heavy atom. The van der Waals surface area contributed by atoms with E-state index in [9.17, 15) is 0 Å². The van der Waals surface area contributed by atoms with Crippen molar-refractivity contribution >= 4 is 23.2 Å². The molecule has 0 spiro atoms. The second-order valence-electron chi connectivity index (χ2n) is 2.87. The molecule has 1 aromatic heterocycles. The first kappa shape index (κ1) is 10.4. The van der Waals surface area contributed by atoms with Crippen LogP contribution in [0.1, 0.15) is 5.82 Å². The fraction of sp³-hybridized carbons (Fsp3) is 0.111. The molecule has 0 aliphatic carbocycles. The minimum atomic E-state index is -0.195. The summed E-state index contributed by atoms with van der Waals surface area (Å²) in [5, 5.41) is 17.5. The molecule has 0 saturated heterocycles. The number of rotatable bonds is 2. The predicted molar refractivity (Wildman–Crippen MR) is 57.3 cm³/mol. The van der Waals surface area contributed by atoms with E-state index in [0.29, 0.717) is 21.6 Å². The topological polar surface area (TPSA) is 50.9 Å². The summed E-state index contributed by atoms with van der Waals surface area (Å²) in [5.41, 5.74) is 0.690. The average Bonchev–Trinajstić information content (AvgIpc) is 2.65. The van der Waals surface area contributed by atoms with Crippen LogP contribution < -0.4 is 0 Å². The van der Waals surface area contributed by atoms with Gasteiger partial charge in [-0.05, 0) is 18.2 Å². The first-order chi connectivity index (χ1) is 7.22. The summed E-state index contributed by atoms with van der Waals surface area (Å²) >= 11 is 11.8. The molecular formula is C9H7Cl2N3O. The molecule has 15 heavy (non-hydrogen) atoms. The first-order valence-electron chi connectivity index (χ1n) is 4.17. The van der Waals surface area contributed by atoms with Gasteiger partial charge in [0.05, 0.1) is 10.7 Å². The molecule has 0 saturated carbocycles. The fourth-order valence-electron chi connectivity index (χ4n) is 1.24. The van der Waals surface area contributed by atoms with Crippen LogP contribution in [0.3, 0.4) is 0 Å². The lowest BCUT2D eigenvalue weighted by Crippen LogP contribution is -2.00. The van der Waals surface area contributed by atoms with Crippen molar-refractivity contribution in [2.75, 3.05) is 0 Å². The van der Waals surface area contributed by atoms with Crippen molar-refractivity contribution in [2.45, 2.75) is 6.61 Å². The van der Waals surface area contributed by atoms with E-state index in [2.05, 4.69) is 10.2 Å². The summed E-state index contributed by atoms with van der Waals surface area (Å²) in [7, 11) is 0. The summed E-state index contributed by atoms with van der Waals surface area (Å²) in [6.07, 6.45) is 1.49. The second-order valence-corrected chi connectivity index (χ2v) is 3.71. The monoisotopic (exact) mass is 243 g/mol. The summed E-state index contributed by atoms with van der Waals surface area (Å²) in [6.45, 7) is -0.195. The van der Waals surface area contributed by atoms with Crippen molar-refractivity contribution in [3.05, 3.63) is 40.4 Å². The molecule has 1 aromatic carbocycles. The highest BCUT2D eigenvalue weighted by Gasteiger charge is 2.08. The number of nitrogens with zero attached hydrogens (tertiary/aromatic N) is 3. The average molecular weight is 244 g/mol. The van der Waals surface area contributed by atoms with Crippen LogP contribution >= 0.6 is 23.2 Å². The van der Waals surface area contributed by atoms with E-state index in [-0.39, 0.29) is 6.61 Å². The number of benzene rings is 1. The van der Waals surface area contributed by atoms with Gasteiger partial charge in [0.15, 0.2) is 5.82 Å². The summed E-state index contributed by atoms with van der Waals surface area (Å²) in [4.78, 5) is 0. The van der Waals surface area contributed by atoms with E-state index in [0.717, 1.165) is 0 Å². The highest BCUT2D eigenvalue weighted by Crippen LogP contribution is 2.24. The van der Waals surface area contributed by atoms with E-state index >= 15 is 0 Å². The molecule has 0 fully saturated rings. The van der Waals surface area contributed by atoms with Gasteiger partial charge < -0.3 is 5.11 Å². The van der Waals surface area contributed by atoms with Gasteiger partial charge in [0, 0.05) is 5.02 Å². The summed E-state index contributed by atoms with van der Waals surface area (Å²) < 4.78 is 1.61. The van der Waals surface area contributed by atoms with Crippen LogP contribution in [0.4, 0.5) is 0 Å². The first-order valence-corrected chi connectivity index (χ1v) is 4.93. The van der Waals surface area contributed by atoms with Gasteiger partial charge >= 0.3 is 0 Å². The maximum Gasteiger partial charge on any atom is 0.163 e. The lowest BCUT2D eigenvalue weighted by atomic mass is 10.3. The predicted octanol–water partition coefficient (Wildman–Crippen LogP) is 2.07. The third-order valence-corrected chi connectivity index (χ3v) is 2.47. The number of aromatic nitrogens is 3. The molecule has 6 heteroatoms. The van der Waals surface area contributed by atoms with Crippen LogP contribution in [0.2, 0.25) is 10.0 Å². The molecule has 0 unspecified atom stereocenters. The van der Waals surface area contributed by atoms with Crippen molar-refractivity contribution in [2.24, 2.45) is 0 Å². The van der Waals surface area contributed by atoms with Gasteiger partial charge in [-0.25, -0.2) is 0 Å². The van der Waals surface area contributed by atoms with Crippen molar-refractivity contribution in [1.82, 2.24) is 14.8 Å². The molecule has 0 radical (unpaired) electrons. The molecule has 0 atom stereocenters. The number of aliphatic hydroxyl groups excluding tert-OH is 1. The standard InChI is InChI=1S/C9H7Cl2N3O/c10-6-1-2-8(7(11)3-6)14-5-12-13-9(14)4-15/h1-3,5,15H,4H2. The van der Waals surface area contributed by atoms with Gasteiger partial charge in [-0.1, -0.05) is 23.2 Å². The Morgan fingerprint density at radius 3 is 2.80 bits per heavy atom. The highest BCUT2D eigenvalue weighted by molar-refractivity contribution is 6.35. The Hall–Kier alpha value is -1.10. The fourth-order valence-corrected chi connectivity index (χ4v) is 1.74. The van der Waals surface area contributed by atoms with Gasteiger partial charge in [-0.3, -0.25) is 4.57 Å². The Labute approximate surface area is 96.1 Å². The second kappa shape index (κ2) is 4.18. The molecule has 2 rings (SSSR count). The Kier molecular flexibility index (Phi) is 2.90. The molecule has 0 aliphatic heterocycles. The Balaban J connectivity index is 2.54. The van der Waals surface area contributed by atoms with Crippen LogP contribution in [-0.2, 0) is 6.61 Å². The number of hydrogen-bond acceptors (Lipinski definition) is 3. The third-order valence-electron chi connectivity index (χ3n) is 1.93. The lowest BCUT2D eigenvalue weighted by molar-refractivity contribution is 0.269. The Bertz CT molecular complexity index is 484. The molecule has 0 aliphatic rings. The van der Waals surface area contributed by atoms with Crippen LogP contribution in [-0.4, -0.2) is 19.9 Å². The lowest BCUT2D eigenvalue weighted by Gasteiger charge is -2.06. The van der Waals surface area contributed by atoms with Gasteiger partial charge in [0.2, 0.25) is 0 Å². The molecular weight excluding hydrogens is 237 g/mol. The third kappa shape index (κ3) is 1.97. The van der Waals surface area contributed by atoms with E-state index in [1.165, 1.54) is 6.33 Å². The van der Waals surface area contributed by atoms with E-state index in [1.807, 2.05) is 0 Å². The van der Waals surface area contributed by atoms with Gasteiger partial charge in [0.25, 0.3) is 0 Å². The zero-order valence-corrected chi connectivity index (χ0v) is 9.07. The molecule has 0 amide bonds. The SMILES string of the molecule is OCc1nncn1-c1ccc(Cl)cc1Cl. The van der Waals surface area contributed by atoms with E-state index in [1.54, 1.807) is 22.8 Å². The quantitative estimate of drug-likeness (QED) is 0.879. The molecule has 78 valence electrons. The largest absolute Gasteiger partial charge is 0.388 e. The van der Waals surface area contributed by atoms with Crippen LogP contribution in [0.15, 0.2) is 24.5 Å². The maximum absolute atomic E-state index is 9.02. The van der Waals surface area contributed by atoms with Gasteiger partial charge in [0.1, 0.15) is 12.9 Å². The molecule has 1 N–H and O–H groups in total. The summed E-state index contributed by atoms with van der Waals surface area (Å²) in [6, 6.07) is 5.08. The maximum atomic E-state index is 9.02. The van der Waals surface area contributed by atoms with E-state index < -0.39 is 0 Å². The van der Waals surface area contributed by atoms with Crippen LogP contribution in [0, 0.1) is 0 Å². The summed E-state index contributed by atoms with van der Waals surface area (Å²) in [5.74, 6) is 0.430. The van der Waals surface area contributed by atoms with Crippen molar-refractivity contribution in [3.8, 4) is 5.69 Å². The van der Waals surface area contributed by atoms with Crippen molar-refractivity contribution in [3.63, 3.8) is 0 Å². The number of halogens is 2. The van der Waals surface area contributed by atoms with Crippen LogP contribution in [0.25, 0.3) is 5.69 Å². The minimum absolute atomic E-state index is 0.195. The Morgan fingerprint density at radius 1 is 1.33 bits per heavy atom. The van der Waals surface area contributed by atoms with Gasteiger partial charge in [-0.2, -0.15) is 0 Å². The minimum Gasteiger partial charge on any atom is -0.388 e. The highest BCUT2D eigenvalue weighted by atomic mass is 35.5. The molecule has 0 bridgehead atoms. The smallest absolute Gasteiger partial charge is 0.163 e. The van der Waals surface area contributed by atoms with Gasteiger partial charge in [-0.15, -0.1) is 10.2 Å². The van der Waals surface area contributed by atoms with E-state index in [4.69, 9.17) is 28.3 Å². The number of aliphatic hydroxyl groups is 1. The number of hydrogen-bond donors (Lipinski definition) is 1. The van der Waals surface area contributed by atoms with Crippen molar-refractivity contribution in [1.29, 1.82) is 0 Å². The van der Waals surface area contributed by atoms with Crippen molar-refractivity contribution < 1.29 is 5.11 Å². The zero-order valence-electron chi connectivity index (χ0n) is 7.56. The molecule has 2 aromatic rings. The zero-order chi connectivity index (χ0) is 10.8. The molecule has 1 heterocycles. The normalized spacial score (nSPS) is 10.6. The van der Waals surface area contributed by atoms with Crippen LogP contribution in [0.5, 0.6) is 0 Å².